The molecule has 0 spiro atoms. The molecule has 1 aromatic carbocycles. The summed E-state index contributed by atoms with van der Waals surface area (Å²) in [7, 11) is 1.63. The number of hydrogen-bond donors (Lipinski definition) is 1. The van der Waals surface area contributed by atoms with Gasteiger partial charge in [-0.05, 0) is 37.6 Å². The SMILES string of the molecule is COCCOc1ccccc1C(=O)CC1CCNC1. The molecule has 0 saturated carbocycles. The summed E-state index contributed by atoms with van der Waals surface area (Å²) < 4.78 is 10.6. The van der Waals surface area contributed by atoms with Crippen LogP contribution >= 0.6 is 0 Å². The molecule has 0 amide bonds. The van der Waals surface area contributed by atoms with E-state index in [0.29, 0.717) is 36.9 Å². The van der Waals surface area contributed by atoms with E-state index in [1.165, 1.54) is 0 Å². The fraction of sp³-hybridized carbons (Fsp3) is 0.533. The molecule has 2 rings (SSSR count). The second-order valence-electron chi connectivity index (χ2n) is 4.82. The van der Waals surface area contributed by atoms with Crippen molar-refractivity contribution in [1.82, 2.24) is 5.32 Å². The van der Waals surface area contributed by atoms with Gasteiger partial charge in [-0.3, -0.25) is 4.79 Å². The van der Waals surface area contributed by atoms with Crippen molar-refractivity contribution < 1.29 is 14.3 Å². The molecule has 1 atom stereocenters. The molecule has 1 aromatic rings. The standard InChI is InChI=1S/C15H21NO3/c1-18-8-9-19-15-5-3-2-4-13(15)14(17)10-12-6-7-16-11-12/h2-5,12,16H,6-11H2,1H3. The summed E-state index contributed by atoms with van der Waals surface area (Å²) in [4.78, 5) is 12.3. The number of methoxy groups -OCH3 is 1. The highest BCUT2D eigenvalue weighted by Crippen LogP contribution is 2.23. The maximum Gasteiger partial charge on any atom is 0.166 e. The van der Waals surface area contributed by atoms with Gasteiger partial charge in [0.15, 0.2) is 5.78 Å². The largest absolute Gasteiger partial charge is 0.490 e. The first-order valence-corrected chi connectivity index (χ1v) is 6.76. The van der Waals surface area contributed by atoms with E-state index in [4.69, 9.17) is 9.47 Å². The quantitative estimate of drug-likeness (QED) is 0.603. The third kappa shape index (κ3) is 4.04. The van der Waals surface area contributed by atoms with Crippen LogP contribution in [0.1, 0.15) is 23.2 Å². The molecule has 1 N–H and O–H groups in total. The van der Waals surface area contributed by atoms with Gasteiger partial charge in [0.05, 0.1) is 12.2 Å². The number of para-hydroxylation sites is 1. The van der Waals surface area contributed by atoms with E-state index in [9.17, 15) is 4.79 Å². The molecule has 104 valence electrons. The minimum atomic E-state index is 0.168. The predicted molar refractivity (Wildman–Crippen MR) is 73.7 cm³/mol. The van der Waals surface area contributed by atoms with Crippen molar-refractivity contribution in [3.05, 3.63) is 29.8 Å². The molecule has 1 saturated heterocycles. The van der Waals surface area contributed by atoms with Crippen LogP contribution in [0.25, 0.3) is 0 Å². The second kappa shape index (κ2) is 7.26. The fourth-order valence-electron chi connectivity index (χ4n) is 2.32. The molecular weight excluding hydrogens is 242 g/mol. The first kappa shape index (κ1) is 14.0. The lowest BCUT2D eigenvalue weighted by Crippen LogP contribution is -2.14. The zero-order valence-electron chi connectivity index (χ0n) is 11.4. The number of ether oxygens (including phenoxy) is 2. The Morgan fingerprint density at radius 2 is 2.21 bits per heavy atom. The van der Waals surface area contributed by atoms with E-state index in [1.807, 2.05) is 24.3 Å². The van der Waals surface area contributed by atoms with Crippen molar-refractivity contribution in [3.8, 4) is 5.75 Å². The highest BCUT2D eigenvalue weighted by molar-refractivity contribution is 5.98. The highest BCUT2D eigenvalue weighted by Gasteiger charge is 2.20. The van der Waals surface area contributed by atoms with Gasteiger partial charge in [-0.1, -0.05) is 12.1 Å². The number of benzene rings is 1. The zero-order chi connectivity index (χ0) is 13.5. The van der Waals surface area contributed by atoms with Crippen molar-refractivity contribution in [3.63, 3.8) is 0 Å². The number of ketones is 1. The summed E-state index contributed by atoms with van der Waals surface area (Å²) in [6, 6.07) is 7.45. The van der Waals surface area contributed by atoms with Gasteiger partial charge in [0.1, 0.15) is 12.4 Å². The third-order valence-electron chi connectivity index (χ3n) is 3.37. The van der Waals surface area contributed by atoms with Gasteiger partial charge < -0.3 is 14.8 Å². The van der Waals surface area contributed by atoms with Gasteiger partial charge in [0.2, 0.25) is 0 Å². The minimum absolute atomic E-state index is 0.168. The van der Waals surface area contributed by atoms with Crippen molar-refractivity contribution in [2.75, 3.05) is 33.4 Å². The Labute approximate surface area is 114 Å². The second-order valence-corrected chi connectivity index (χ2v) is 4.82. The summed E-state index contributed by atoms with van der Waals surface area (Å²) in [5.74, 6) is 1.29. The van der Waals surface area contributed by atoms with Crippen molar-refractivity contribution >= 4 is 5.78 Å². The first-order valence-electron chi connectivity index (χ1n) is 6.76. The van der Waals surface area contributed by atoms with E-state index >= 15 is 0 Å². The minimum Gasteiger partial charge on any atom is -0.490 e. The van der Waals surface area contributed by atoms with Gasteiger partial charge in [-0.2, -0.15) is 0 Å². The molecule has 4 nitrogen and oxygen atoms in total. The molecule has 0 bridgehead atoms. The Balaban J connectivity index is 1.98. The molecule has 1 aliphatic rings. The lowest BCUT2D eigenvalue weighted by Gasteiger charge is -2.12. The molecule has 0 radical (unpaired) electrons. The molecule has 1 heterocycles. The zero-order valence-corrected chi connectivity index (χ0v) is 11.4. The number of rotatable bonds is 7. The Bertz CT molecular complexity index is 414. The third-order valence-corrected chi connectivity index (χ3v) is 3.37. The molecule has 1 aliphatic heterocycles. The maximum absolute atomic E-state index is 12.3. The molecule has 1 fully saturated rings. The van der Waals surface area contributed by atoms with E-state index in [2.05, 4.69) is 5.32 Å². The molecular formula is C15H21NO3. The predicted octanol–water partition coefficient (Wildman–Crippen LogP) is 1.89. The maximum atomic E-state index is 12.3. The summed E-state index contributed by atoms with van der Waals surface area (Å²) in [5.41, 5.74) is 0.686. The highest BCUT2D eigenvalue weighted by atomic mass is 16.5. The summed E-state index contributed by atoms with van der Waals surface area (Å²) in [6.45, 7) is 2.95. The number of hydrogen-bond acceptors (Lipinski definition) is 4. The average molecular weight is 263 g/mol. The summed E-state index contributed by atoms with van der Waals surface area (Å²) >= 11 is 0. The van der Waals surface area contributed by atoms with E-state index in [1.54, 1.807) is 7.11 Å². The number of carbonyl (C=O) groups excluding carboxylic acids is 1. The monoisotopic (exact) mass is 263 g/mol. The van der Waals surface area contributed by atoms with E-state index < -0.39 is 0 Å². The molecule has 0 aliphatic carbocycles. The van der Waals surface area contributed by atoms with Crippen molar-refractivity contribution in [1.29, 1.82) is 0 Å². The van der Waals surface area contributed by atoms with Crippen LogP contribution in [0.2, 0.25) is 0 Å². The Morgan fingerprint density at radius 3 is 2.95 bits per heavy atom. The number of Topliss-reactive ketones (excluding diaryl/α,β-unsaturated/α-hetero) is 1. The van der Waals surface area contributed by atoms with Crippen LogP contribution in [-0.2, 0) is 4.74 Å². The average Bonchev–Trinajstić information content (AvgIpc) is 2.92. The first-order chi connectivity index (χ1) is 9.31. The smallest absolute Gasteiger partial charge is 0.166 e. The van der Waals surface area contributed by atoms with Gasteiger partial charge in [0, 0.05) is 13.5 Å². The molecule has 4 heteroatoms. The lowest BCUT2D eigenvalue weighted by molar-refractivity contribution is 0.0956. The molecule has 0 aromatic heterocycles. The van der Waals surface area contributed by atoms with E-state index in [0.717, 1.165) is 19.5 Å². The summed E-state index contributed by atoms with van der Waals surface area (Å²) in [6.07, 6.45) is 1.68. The van der Waals surface area contributed by atoms with Crippen molar-refractivity contribution in [2.24, 2.45) is 5.92 Å². The van der Waals surface area contributed by atoms with Crippen LogP contribution in [-0.4, -0.2) is 39.2 Å². The topological polar surface area (TPSA) is 47.6 Å². The Morgan fingerprint density at radius 1 is 1.37 bits per heavy atom. The number of carbonyl (C=O) groups is 1. The molecule has 19 heavy (non-hydrogen) atoms. The Hall–Kier alpha value is -1.39. The normalized spacial score (nSPS) is 18.5. The molecule has 1 unspecified atom stereocenters. The Kier molecular flexibility index (Phi) is 5.36. The van der Waals surface area contributed by atoms with Crippen LogP contribution in [0.15, 0.2) is 24.3 Å². The van der Waals surface area contributed by atoms with Gasteiger partial charge in [0.25, 0.3) is 0 Å². The van der Waals surface area contributed by atoms with Gasteiger partial charge in [-0.15, -0.1) is 0 Å². The lowest BCUT2D eigenvalue weighted by atomic mass is 9.97. The van der Waals surface area contributed by atoms with Gasteiger partial charge in [-0.25, -0.2) is 0 Å². The number of nitrogens with one attached hydrogen (secondary N) is 1. The fourth-order valence-corrected chi connectivity index (χ4v) is 2.32. The van der Waals surface area contributed by atoms with Crippen LogP contribution in [0.5, 0.6) is 5.75 Å². The van der Waals surface area contributed by atoms with Crippen LogP contribution < -0.4 is 10.1 Å². The van der Waals surface area contributed by atoms with Gasteiger partial charge >= 0.3 is 0 Å². The van der Waals surface area contributed by atoms with Crippen LogP contribution in [0.4, 0.5) is 0 Å². The summed E-state index contributed by atoms with van der Waals surface area (Å²) in [5, 5.41) is 3.29. The van der Waals surface area contributed by atoms with E-state index in [-0.39, 0.29) is 5.78 Å². The van der Waals surface area contributed by atoms with Crippen molar-refractivity contribution in [2.45, 2.75) is 12.8 Å². The van der Waals surface area contributed by atoms with Crippen LogP contribution in [0, 0.1) is 5.92 Å². The van der Waals surface area contributed by atoms with Crippen LogP contribution in [0.3, 0.4) is 0 Å².